The van der Waals surface area contributed by atoms with Crippen molar-refractivity contribution < 1.29 is 13.6 Å². The molecule has 0 radical (unpaired) electrons. The first-order valence-corrected chi connectivity index (χ1v) is 8.82. The van der Waals surface area contributed by atoms with Crippen LogP contribution in [-0.4, -0.2) is 44.8 Å². The van der Waals surface area contributed by atoms with E-state index in [0.717, 1.165) is 23.4 Å². The SMILES string of the molecule is Cn1cc(-c2ccnc(N3CCC(NC(=O)c4ccc(F)c(F)c4)C3)n2)cn1. The normalized spacial score (nSPS) is 16.4. The summed E-state index contributed by atoms with van der Waals surface area (Å²) < 4.78 is 28.1. The second-order valence-corrected chi connectivity index (χ2v) is 6.68. The molecule has 4 rings (SSSR count). The first-order chi connectivity index (χ1) is 13.5. The van der Waals surface area contributed by atoms with Crippen molar-refractivity contribution >= 4 is 11.9 Å². The van der Waals surface area contributed by atoms with E-state index in [2.05, 4.69) is 20.4 Å². The van der Waals surface area contributed by atoms with E-state index in [1.54, 1.807) is 17.1 Å². The van der Waals surface area contributed by atoms with Gasteiger partial charge in [-0.3, -0.25) is 9.48 Å². The number of nitrogens with zero attached hydrogens (tertiary/aromatic N) is 5. The molecule has 1 unspecified atom stereocenters. The molecule has 7 nitrogen and oxygen atoms in total. The molecular formula is C19H18F2N6O. The number of carbonyl (C=O) groups excluding carboxylic acids is 1. The summed E-state index contributed by atoms with van der Waals surface area (Å²) in [5, 5.41) is 7.00. The minimum atomic E-state index is -1.04. The van der Waals surface area contributed by atoms with E-state index >= 15 is 0 Å². The van der Waals surface area contributed by atoms with Crippen molar-refractivity contribution in [1.29, 1.82) is 0 Å². The summed E-state index contributed by atoms with van der Waals surface area (Å²) in [6, 6.07) is 4.80. The molecule has 1 N–H and O–H groups in total. The van der Waals surface area contributed by atoms with Crippen LogP contribution in [0.4, 0.5) is 14.7 Å². The van der Waals surface area contributed by atoms with Crippen LogP contribution in [0, 0.1) is 11.6 Å². The third kappa shape index (κ3) is 3.68. The average Bonchev–Trinajstić information content (AvgIpc) is 3.33. The Morgan fingerprint density at radius 1 is 1.25 bits per heavy atom. The highest BCUT2D eigenvalue weighted by molar-refractivity contribution is 5.94. The largest absolute Gasteiger partial charge is 0.347 e. The van der Waals surface area contributed by atoms with E-state index in [0.29, 0.717) is 25.5 Å². The fourth-order valence-electron chi connectivity index (χ4n) is 3.18. The topological polar surface area (TPSA) is 75.9 Å². The lowest BCUT2D eigenvalue weighted by atomic mass is 10.1. The van der Waals surface area contributed by atoms with E-state index in [9.17, 15) is 13.6 Å². The molecule has 1 fully saturated rings. The highest BCUT2D eigenvalue weighted by atomic mass is 19.2. The number of anilines is 1. The second-order valence-electron chi connectivity index (χ2n) is 6.68. The zero-order valence-electron chi connectivity index (χ0n) is 15.1. The Morgan fingerprint density at radius 2 is 2.11 bits per heavy atom. The van der Waals surface area contributed by atoms with E-state index in [1.165, 1.54) is 6.07 Å². The number of halogens is 2. The van der Waals surface area contributed by atoms with Gasteiger partial charge in [-0.05, 0) is 30.7 Å². The van der Waals surface area contributed by atoms with Gasteiger partial charge >= 0.3 is 0 Å². The number of rotatable bonds is 4. The van der Waals surface area contributed by atoms with Gasteiger partial charge < -0.3 is 10.2 Å². The smallest absolute Gasteiger partial charge is 0.251 e. The predicted octanol–water partition coefficient (Wildman–Crippen LogP) is 2.16. The van der Waals surface area contributed by atoms with E-state index in [4.69, 9.17) is 0 Å². The van der Waals surface area contributed by atoms with Gasteiger partial charge in [0.15, 0.2) is 11.6 Å². The maximum atomic E-state index is 13.3. The molecule has 1 aliphatic heterocycles. The molecule has 3 heterocycles. The maximum absolute atomic E-state index is 13.3. The number of carbonyl (C=O) groups is 1. The number of hydrogen-bond donors (Lipinski definition) is 1. The van der Waals surface area contributed by atoms with Crippen molar-refractivity contribution in [1.82, 2.24) is 25.1 Å². The second kappa shape index (κ2) is 7.34. The van der Waals surface area contributed by atoms with E-state index in [-0.39, 0.29) is 11.6 Å². The van der Waals surface area contributed by atoms with Crippen LogP contribution in [0.15, 0.2) is 42.9 Å². The van der Waals surface area contributed by atoms with Crippen LogP contribution in [0.1, 0.15) is 16.8 Å². The lowest BCUT2D eigenvalue weighted by Crippen LogP contribution is -2.37. The van der Waals surface area contributed by atoms with Crippen LogP contribution in [0.5, 0.6) is 0 Å². The number of amides is 1. The third-order valence-electron chi connectivity index (χ3n) is 4.63. The summed E-state index contributed by atoms with van der Waals surface area (Å²) in [7, 11) is 1.84. The van der Waals surface area contributed by atoms with Crippen LogP contribution >= 0.6 is 0 Å². The molecular weight excluding hydrogens is 366 g/mol. The number of nitrogens with one attached hydrogen (secondary N) is 1. The number of aryl methyl sites for hydroxylation is 1. The Balaban J connectivity index is 1.43. The molecule has 144 valence electrons. The monoisotopic (exact) mass is 384 g/mol. The van der Waals surface area contributed by atoms with Crippen molar-refractivity contribution in [2.75, 3.05) is 18.0 Å². The van der Waals surface area contributed by atoms with Crippen LogP contribution in [-0.2, 0) is 7.05 Å². The Labute approximate surface area is 160 Å². The molecule has 2 aromatic heterocycles. The molecule has 1 amide bonds. The summed E-state index contributed by atoms with van der Waals surface area (Å²) in [6.45, 7) is 1.21. The lowest BCUT2D eigenvalue weighted by molar-refractivity contribution is 0.0940. The van der Waals surface area contributed by atoms with Crippen LogP contribution in [0.2, 0.25) is 0 Å². The van der Waals surface area contributed by atoms with E-state index in [1.807, 2.05) is 24.2 Å². The fourth-order valence-corrected chi connectivity index (χ4v) is 3.18. The van der Waals surface area contributed by atoms with Crippen molar-refractivity contribution in [3.63, 3.8) is 0 Å². The quantitative estimate of drug-likeness (QED) is 0.746. The number of benzene rings is 1. The molecule has 1 atom stereocenters. The number of hydrogen-bond acceptors (Lipinski definition) is 5. The van der Waals surface area contributed by atoms with Crippen molar-refractivity contribution in [2.45, 2.75) is 12.5 Å². The standard InChI is InChI=1S/C19H18F2N6O/c1-26-10-13(9-23-26)17-4-6-22-19(25-17)27-7-5-14(11-27)24-18(28)12-2-3-15(20)16(21)8-12/h2-4,6,8-10,14H,5,7,11H2,1H3,(H,24,28). The Bertz CT molecular complexity index is 1020. The van der Waals surface area contributed by atoms with Gasteiger partial charge in [0.25, 0.3) is 5.91 Å². The molecule has 28 heavy (non-hydrogen) atoms. The summed E-state index contributed by atoms with van der Waals surface area (Å²) in [5.74, 6) is -1.88. The first kappa shape index (κ1) is 18.0. The zero-order chi connectivity index (χ0) is 19.7. The summed E-state index contributed by atoms with van der Waals surface area (Å²) >= 11 is 0. The highest BCUT2D eigenvalue weighted by Gasteiger charge is 2.26. The third-order valence-corrected chi connectivity index (χ3v) is 4.63. The van der Waals surface area contributed by atoms with E-state index < -0.39 is 17.5 Å². The van der Waals surface area contributed by atoms with Crippen LogP contribution in [0.25, 0.3) is 11.3 Å². The van der Waals surface area contributed by atoms with Gasteiger partial charge in [0.05, 0.1) is 11.9 Å². The minimum absolute atomic E-state index is 0.0900. The van der Waals surface area contributed by atoms with Gasteiger partial charge in [-0.25, -0.2) is 18.7 Å². The fraction of sp³-hybridized carbons (Fsp3) is 0.263. The van der Waals surface area contributed by atoms with Crippen molar-refractivity contribution in [3.05, 3.63) is 60.1 Å². The molecule has 0 saturated carbocycles. The Hall–Kier alpha value is -3.36. The zero-order valence-corrected chi connectivity index (χ0v) is 15.1. The van der Waals surface area contributed by atoms with Crippen molar-refractivity contribution in [2.24, 2.45) is 7.05 Å². The summed E-state index contributed by atoms with van der Waals surface area (Å²) in [6.07, 6.45) is 6.01. The summed E-state index contributed by atoms with van der Waals surface area (Å²) in [5.41, 5.74) is 1.76. The molecule has 1 aliphatic rings. The van der Waals surface area contributed by atoms with Gasteiger partial charge in [-0.2, -0.15) is 5.10 Å². The minimum Gasteiger partial charge on any atom is -0.347 e. The lowest BCUT2D eigenvalue weighted by Gasteiger charge is -2.17. The molecule has 0 bridgehead atoms. The molecule has 9 heteroatoms. The number of aromatic nitrogens is 4. The molecule has 1 saturated heterocycles. The highest BCUT2D eigenvalue weighted by Crippen LogP contribution is 2.21. The molecule has 0 aliphatic carbocycles. The maximum Gasteiger partial charge on any atom is 0.251 e. The van der Waals surface area contributed by atoms with Crippen LogP contribution < -0.4 is 10.2 Å². The van der Waals surface area contributed by atoms with Crippen molar-refractivity contribution in [3.8, 4) is 11.3 Å². The summed E-state index contributed by atoms with van der Waals surface area (Å²) in [4.78, 5) is 23.2. The molecule has 3 aromatic rings. The average molecular weight is 384 g/mol. The Kier molecular flexibility index (Phi) is 4.72. The first-order valence-electron chi connectivity index (χ1n) is 8.82. The molecule has 0 spiro atoms. The van der Waals surface area contributed by atoms with Gasteiger partial charge in [0.2, 0.25) is 5.95 Å². The predicted molar refractivity (Wildman–Crippen MR) is 98.7 cm³/mol. The van der Waals surface area contributed by atoms with Gasteiger partial charge in [-0.15, -0.1) is 0 Å². The Morgan fingerprint density at radius 3 is 2.86 bits per heavy atom. The van der Waals surface area contributed by atoms with Gasteiger partial charge in [-0.1, -0.05) is 0 Å². The van der Waals surface area contributed by atoms with Gasteiger partial charge in [0, 0.05) is 49.7 Å². The molecule has 1 aromatic carbocycles. The van der Waals surface area contributed by atoms with Crippen LogP contribution in [0.3, 0.4) is 0 Å². The van der Waals surface area contributed by atoms with Gasteiger partial charge in [0.1, 0.15) is 0 Å².